The summed E-state index contributed by atoms with van der Waals surface area (Å²) in [6.07, 6.45) is 0.222. The van der Waals surface area contributed by atoms with E-state index in [9.17, 15) is 9.59 Å². The van der Waals surface area contributed by atoms with Crippen molar-refractivity contribution in [3.05, 3.63) is 35.9 Å². The van der Waals surface area contributed by atoms with Gasteiger partial charge in [-0.1, -0.05) is 46.3 Å². The van der Waals surface area contributed by atoms with E-state index < -0.39 is 0 Å². The van der Waals surface area contributed by atoms with Crippen LogP contribution in [0.15, 0.2) is 30.3 Å². The highest BCUT2D eigenvalue weighted by Crippen LogP contribution is 2.11. The Kier molecular flexibility index (Phi) is 4.01. The molecule has 0 fully saturated rings. The second kappa shape index (κ2) is 5.05. The fraction of sp³-hybridized carbons (Fsp3) is 0.273. The van der Waals surface area contributed by atoms with Crippen LogP contribution in [0, 0.1) is 0 Å². The van der Waals surface area contributed by atoms with Crippen LogP contribution in [0.3, 0.4) is 0 Å². The van der Waals surface area contributed by atoms with Gasteiger partial charge in [-0.15, -0.1) is 0 Å². The fourth-order valence-corrected chi connectivity index (χ4v) is 1.34. The minimum absolute atomic E-state index is 0.0114. The van der Waals surface area contributed by atoms with Gasteiger partial charge in [-0.25, -0.2) is 0 Å². The first-order chi connectivity index (χ1) is 6.61. The van der Waals surface area contributed by atoms with Crippen molar-refractivity contribution < 1.29 is 9.59 Å². The molecule has 1 unspecified atom stereocenters. The van der Waals surface area contributed by atoms with Crippen LogP contribution in [0.5, 0.6) is 0 Å². The third-order valence-electron chi connectivity index (χ3n) is 1.90. The summed E-state index contributed by atoms with van der Waals surface area (Å²) in [7, 11) is 0. The average Bonchev–Trinajstić information content (AvgIpc) is 2.19. The molecule has 14 heavy (non-hydrogen) atoms. The minimum atomic E-state index is -0.366. The highest BCUT2D eigenvalue weighted by atomic mass is 79.9. The summed E-state index contributed by atoms with van der Waals surface area (Å²) >= 11 is 3.17. The Morgan fingerprint density at radius 1 is 1.29 bits per heavy atom. The summed E-state index contributed by atoms with van der Waals surface area (Å²) < 4.78 is 0. The Labute approximate surface area is 91.4 Å². The lowest BCUT2D eigenvalue weighted by Gasteiger charge is -2.04. The molecular weight excluding hydrogens is 244 g/mol. The number of hydrogen-bond donors (Lipinski definition) is 0. The van der Waals surface area contributed by atoms with Gasteiger partial charge in [-0.05, 0) is 6.92 Å². The van der Waals surface area contributed by atoms with E-state index in [1.165, 1.54) is 6.92 Å². The van der Waals surface area contributed by atoms with Crippen LogP contribution in [0.4, 0.5) is 0 Å². The normalized spacial score (nSPS) is 12.1. The van der Waals surface area contributed by atoms with Gasteiger partial charge in [0.05, 0.1) is 4.83 Å². The number of benzene rings is 1. The molecule has 0 aliphatic heterocycles. The molecule has 0 aromatic heterocycles. The van der Waals surface area contributed by atoms with E-state index in [-0.39, 0.29) is 22.8 Å². The van der Waals surface area contributed by atoms with E-state index in [0.29, 0.717) is 5.56 Å². The van der Waals surface area contributed by atoms with Gasteiger partial charge in [0, 0.05) is 12.0 Å². The molecule has 0 bridgehead atoms. The third-order valence-corrected chi connectivity index (χ3v) is 2.87. The van der Waals surface area contributed by atoms with Crippen molar-refractivity contribution in [1.82, 2.24) is 0 Å². The van der Waals surface area contributed by atoms with Gasteiger partial charge in [-0.3, -0.25) is 9.59 Å². The zero-order valence-corrected chi connectivity index (χ0v) is 9.45. The number of halogens is 1. The number of carbonyl (C=O) groups excluding carboxylic acids is 2. The highest BCUT2D eigenvalue weighted by Gasteiger charge is 2.15. The Morgan fingerprint density at radius 3 is 2.36 bits per heavy atom. The second-order valence-corrected chi connectivity index (χ2v) is 4.18. The first-order valence-electron chi connectivity index (χ1n) is 4.34. The SMILES string of the molecule is CC(=O)C(Br)CC(=O)c1ccccc1. The van der Waals surface area contributed by atoms with E-state index >= 15 is 0 Å². The Balaban J connectivity index is 2.64. The van der Waals surface area contributed by atoms with Crippen molar-refractivity contribution in [3.63, 3.8) is 0 Å². The zero-order valence-electron chi connectivity index (χ0n) is 7.87. The molecule has 0 spiro atoms. The number of ketones is 2. The summed E-state index contributed by atoms with van der Waals surface area (Å²) in [4.78, 5) is 22.1. The standard InChI is InChI=1S/C11H11BrO2/c1-8(13)10(12)7-11(14)9-5-3-2-4-6-9/h2-6,10H,7H2,1H3. The maximum absolute atomic E-state index is 11.6. The molecule has 0 amide bonds. The average molecular weight is 255 g/mol. The van der Waals surface area contributed by atoms with Gasteiger partial charge in [-0.2, -0.15) is 0 Å². The molecule has 0 radical (unpaired) electrons. The summed E-state index contributed by atoms with van der Waals surface area (Å²) in [6, 6.07) is 8.98. The van der Waals surface area contributed by atoms with Gasteiger partial charge in [0.2, 0.25) is 0 Å². The number of hydrogen-bond acceptors (Lipinski definition) is 2. The van der Waals surface area contributed by atoms with Crippen molar-refractivity contribution in [1.29, 1.82) is 0 Å². The molecule has 1 aromatic rings. The van der Waals surface area contributed by atoms with Crippen molar-refractivity contribution in [2.45, 2.75) is 18.2 Å². The van der Waals surface area contributed by atoms with Crippen LogP contribution in [0.1, 0.15) is 23.7 Å². The lowest BCUT2D eigenvalue weighted by atomic mass is 10.1. The molecule has 0 saturated carbocycles. The van der Waals surface area contributed by atoms with Crippen molar-refractivity contribution >= 4 is 27.5 Å². The number of rotatable bonds is 4. The van der Waals surface area contributed by atoms with Gasteiger partial charge in [0.15, 0.2) is 5.78 Å². The predicted octanol–water partition coefficient (Wildman–Crippen LogP) is 2.61. The van der Waals surface area contributed by atoms with E-state index in [1.807, 2.05) is 18.2 Å². The fourth-order valence-electron chi connectivity index (χ4n) is 1.05. The van der Waals surface area contributed by atoms with E-state index in [0.717, 1.165) is 0 Å². The second-order valence-electron chi connectivity index (χ2n) is 3.07. The van der Waals surface area contributed by atoms with Gasteiger partial charge in [0.1, 0.15) is 5.78 Å². The Bertz CT molecular complexity index is 332. The van der Waals surface area contributed by atoms with Crippen LogP contribution in [0.2, 0.25) is 0 Å². The first-order valence-corrected chi connectivity index (χ1v) is 5.25. The summed E-state index contributed by atoms with van der Waals surface area (Å²) in [5.74, 6) is -0.0306. The Hall–Kier alpha value is -0.960. The lowest BCUT2D eigenvalue weighted by molar-refractivity contribution is -0.116. The lowest BCUT2D eigenvalue weighted by Crippen LogP contribution is -2.15. The molecule has 0 saturated heterocycles. The highest BCUT2D eigenvalue weighted by molar-refractivity contribution is 9.10. The minimum Gasteiger partial charge on any atom is -0.299 e. The molecule has 2 nitrogen and oxygen atoms in total. The molecule has 3 heteroatoms. The molecule has 1 atom stereocenters. The largest absolute Gasteiger partial charge is 0.299 e. The molecule has 0 aliphatic rings. The summed E-state index contributed by atoms with van der Waals surface area (Å²) in [5.41, 5.74) is 0.651. The van der Waals surface area contributed by atoms with Crippen molar-refractivity contribution in [2.75, 3.05) is 0 Å². The zero-order chi connectivity index (χ0) is 10.6. The van der Waals surface area contributed by atoms with E-state index in [4.69, 9.17) is 0 Å². The van der Waals surface area contributed by atoms with Gasteiger partial charge >= 0.3 is 0 Å². The third kappa shape index (κ3) is 3.07. The van der Waals surface area contributed by atoms with Crippen LogP contribution in [-0.4, -0.2) is 16.4 Å². The molecule has 0 aliphatic carbocycles. The van der Waals surface area contributed by atoms with Crippen LogP contribution in [-0.2, 0) is 4.79 Å². The quantitative estimate of drug-likeness (QED) is 0.612. The number of carbonyl (C=O) groups is 2. The summed E-state index contributed by atoms with van der Waals surface area (Å²) in [6.45, 7) is 1.47. The smallest absolute Gasteiger partial charge is 0.164 e. The molecule has 0 heterocycles. The topological polar surface area (TPSA) is 34.1 Å². The number of Topliss-reactive ketones (excluding diaryl/α,β-unsaturated/α-hetero) is 2. The molecule has 1 aromatic carbocycles. The monoisotopic (exact) mass is 254 g/mol. The number of alkyl halides is 1. The van der Waals surface area contributed by atoms with Crippen LogP contribution in [0.25, 0.3) is 0 Å². The molecule has 74 valence electrons. The van der Waals surface area contributed by atoms with Crippen LogP contribution >= 0.6 is 15.9 Å². The predicted molar refractivity (Wildman–Crippen MR) is 58.8 cm³/mol. The Morgan fingerprint density at radius 2 is 1.86 bits per heavy atom. The van der Waals surface area contributed by atoms with E-state index in [1.54, 1.807) is 12.1 Å². The van der Waals surface area contributed by atoms with Crippen LogP contribution < -0.4 is 0 Å². The maximum Gasteiger partial charge on any atom is 0.164 e. The molecular formula is C11H11BrO2. The van der Waals surface area contributed by atoms with Crippen molar-refractivity contribution in [3.8, 4) is 0 Å². The van der Waals surface area contributed by atoms with Gasteiger partial charge < -0.3 is 0 Å². The van der Waals surface area contributed by atoms with Crippen molar-refractivity contribution in [2.24, 2.45) is 0 Å². The van der Waals surface area contributed by atoms with Gasteiger partial charge in [0.25, 0.3) is 0 Å². The molecule has 1 rings (SSSR count). The summed E-state index contributed by atoms with van der Waals surface area (Å²) in [5, 5.41) is 0. The maximum atomic E-state index is 11.6. The molecule has 0 N–H and O–H groups in total. The first kappa shape index (κ1) is 11.1. The van der Waals surface area contributed by atoms with E-state index in [2.05, 4.69) is 15.9 Å².